The molecule has 0 spiro atoms. The Bertz CT molecular complexity index is 452. The van der Waals surface area contributed by atoms with Crippen molar-refractivity contribution in [1.82, 2.24) is 0 Å². The number of aromatic hydroxyl groups is 1. The minimum Gasteiger partial charge on any atom is -0.507 e. The van der Waals surface area contributed by atoms with Gasteiger partial charge in [0.05, 0.1) is 3.86 Å². The van der Waals surface area contributed by atoms with Gasteiger partial charge in [-0.1, -0.05) is 136 Å². The predicted molar refractivity (Wildman–Crippen MR) is 123 cm³/mol. The van der Waals surface area contributed by atoms with E-state index in [1.54, 1.807) is 0 Å². The van der Waals surface area contributed by atoms with Gasteiger partial charge < -0.3 is 5.11 Å². The molecule has 0 bridgehead atoms. The molecule has 0 saturated heterocycles. The van der Waals surface area contributed by atoms with Gasteiger partial charge in [-0.25, -0.2) is 0 Å². The van der Waals surface area contributed by atoms with E-state index in [0.29, 0.717) is 9.61 Å². The summed E-state index contributed by atoms with van der Waals surface area (Å²) in [7, 11) is 0. The van der Waals surface area contributed by atoms with Gasteiger partial charge in [-0.05, 0) is 6.92 Å². The van der Waals surface area contributed by atoms with Crippen LogP contribution in [-0.4, -0.2) is 8.97 Å². The van der Waals surface area contributed by atoms with E-state index >= 15 is 0 Å². The van der Waals surface area contributed by atoms with Crippen LogP contribution in [0.15, 0.2) is 12.1 Å². The van der Waals surface area contributed by atoms with Crippen molar-refractivity contribution >= 4 is 90.4 Å². The first-order valence-electron chi connectivity index (χ1n) is 6.33. The van der Waals surface area contributed by atoms with E-state index in [4.69, 9.17) is 0 Å². The van der Waals surface area contributed by atoms with E-state index < -0.39 is 0 Å². The van der Waals surface area contributed by atoms with Crippen molar-refractivity contribution < 1.29 is 5.11 Å². The van der Waals surface area contributed by atoms with E-state index in [1.807, 2.05) is 0 Å². The van der Waals surface area contributed by atoms with Crippen LogP contribution >= 0.6 is 90.4 Å². The standard InChI is InChI=1S/C15H20I4O/c1-8-6-9(14(2,3)12(16)17)11(20)10(7-8)15(4,5)13(18)19/h6-7,12-13,20H,1-5H3. The van der Waals surface area contributed by atoms with Gasteiger partial charge in [-0.15, -0.1) is 0 Å². The van der Waals surface area contributed by atoms with Crippen molar-refractivity contribution in [2.24, 2.45) is 0 Å². The van der Waals surface area contributed by atoms with E-state index in [-0.39, 0.29) is 10.8 Å². The lowest BCUT2D eigenvalue weighted by atomic mass is 9.78. The molecule has 0 heterocycles. The van der Waals surface area contributed by atoms with Gasteiger partial charge in [0.15, 0.2) is 0 Å². The molecule has 114 valence electrons. The molecule has 1 nitrogen and oxygen atoms in total. The van der Waals surface area contributed by atoms with Crippen molar-refractivity contribution in [3.8, 4) is 5.75 Å². The van der Waals surface area contributed by atoms with Gasteiger partial charge in [0.25, 0.3) is 0 Å². The third-order valence-electron chi connectivity index (χ3n) is 3.73. The van der Waals surface area contributed by atoms with Crippen molar-refractivity contribution in [2.45, 2.75) is 49.3 Å². The molecule has 20 heavy (non-hydrogen) atoms. The van der Waals surface area contributed by atoms with E-state index in [9.17, 15) is 5.11 Å². The second-order valence-corrected chi connectivity index (χ2v) is 16.0. The lowest BCUT2D eigenvalue weighted by Gasteiger charge is -2.34. The molecule has 1 rings (SSSR count). The fourth-order valence-corrected chi connectivity index (χ4v) is 3.34. The third-order valence-corrected chi connectivity index (χ3v) is 9.96. The van der Waals surface area contributed by atoms with Gasteiger partial charge in [0.1, 0.15) is 5.75 Å². The first-order chi connectivity index (χ1) is 8.92. The Morgan fingerprint density at radius 1 is 0.850 bits per heavy atom. The maximum absolute atomic E-state index is 10.9. The van der Waals surface area contributed by atoms with Crippen LogP contribution in [0.4, 0.5) is 0 Å². The molecule has 0 saturated carbocycles. The first-order valence-corrected chi connectivity index (χ1v) is 11.3. The summed E-state index contributed by atoms with van der Waals surface area (Å²) in [6.45, 7) is 10.9. The molecule has 0 atom stereocenters. The van der Waals surface area contributed by atoms with Gasteiger partial charge in [-0.2, -0.15) is 0 Å². The molecule has 1 aromatic carbocycles. The highest BCUT2D eigenvalue weighted by Gasteiger charge is 2.36. The molecule has 1 aromatic rings. The SMILES string of the molecule is Cc1cc(C(C)(C)C(I)I)c(O)c(C(C)(C)C(I)I)c1. The molecule has 0 amide bonds. The number of halogens is 4. The lowest BCUT2D eigenvalue weighted by Crippen LogP contribution is -2.29. The van der Waals surface area contributed by atoms with Crippen molar-refractivity contribution in [2.75, 3.05) is 0 Å². The van der Waals surface area contributed by atoms with Gasteiger partial charge >= 0.3 is 0 Å². The number of alkyl halides is 4. The zero-order valence-corrected chi connectivity index (χ0v) is 20.9. The Hall–Kier alpha value is 1.94. The molecule has 1 N–H and O–H groups in total. The second-order valence-electron chi connectivity index (χ2n) is 6.25. The average Bonchev–Trinajstić information content (AvgIpc) is 2.30. The molecule has 0 aromatic heterocycles. The smallest absolute Gasteiger partial charge is 0.123 e. The van der Waals surface area contributed by atoms with Crippen LogP contribution in [0.1, 0.15) is 44.4 Å². The fourth-order valence-electron chi connectivity index (χ4n) is 2.00. The van der Waals surface area contributed by atoms with Crippen LogP contribution in [0.3, 0.4) is 0 Å². The summed E-state index contributed by atoms with van der Waals surface area (Å²) < 4.78 is 0.827. The summed E-state index contributed by atoms with van der Waals surface area (Å²) in [5.41, 5.74) is 3.21. The Labute approximate surface area is 177 Å². The molecular formula is C15H20I4O. The number of hydrogen-bond acceptors (Lipinski definition) is 1. The largest absolute Gasteiger partial charge is 0.507 e. The number of hydrogen-bond donors (Lipinski definition) is 1. The number of phenolic OH excluding ortho intramolecular Hbond substituents is 1. The van der Waals surface area contributed by atoms with Crippen LogP contribution in [-0.2, 0) is 10.8 Å². The van der Waals surface area contributed by atoms with E-state index in [2.05, 4.69) is 137 Å². The Balaban J connectivity index is 3.57. The number of rotatable bonds is 4. The highest BCUT2D eigenvalue weighted by atomic mass is 127. The van der Waals surface area contributed by atoms with Gasteiger partial charge in [0.2, 0.25) is 0 Å². The van der Waals surface area contributed by atoms with E-state index in [1.165, 1.54) is 5.56 Å². The minimum atomic E-state index is -0.0614. The summed E-state index contributed by atoms with van der Waals surface area (Å²) in [5.74, 6) is 0.474. The van der Waals surface area contributed by atoms with Crippen LogP contribution in [0, 0.1) is 6.92 Å². The highest BCUT2D eigenvalue weighted by molar-refractivity contribution is 14.2. The fraction of sp³-hybridized carbons (Fsp3) is 0.600. The Kier molecular flexibility index (Phi) is 7.22. The van der Waals surface area contributed by atoms with Crippen LogP contribution < -0.4 is 0 Å². The minimum absolute atomic E-state index is 0.0614. The Morgan fingerprint density at radius 3 is 1.40 bits per heavy atom. The molecule has 0 aliphatic carbocycles. The van der Waals surface area contributed by atoms with Crippen molar-refractivity contribution in [1.29, 1.82) is 0 Å². The topological polar surface area (TPSA) is 20.2 Å². The molecule has 0 aliphatic rings. The summed E-state index contributed by atoms with van der Waals surface area (Å²) in [5, 5.41) is 10.9. The van der Waals surface area contributed by atoms with Crippen molar-refractivity contribution in [3.05, 3.63) is 28.8 Å². The average molecular weight is 724 g/mol. The van der Waals surface area contributed by atoms with Crippen molar-refractivity contribution in [3.63, 3.8) is 0 Å². The molecule has 0 unspecified atom stereocenters. The second kappa shape index (κ2) is 7.23. The van der Waals surface area contributed by atoms with Gasteiger partial charge in [0, 0.05) is 22.0 Å². The summed E-state index contributed by atoms with van der Waals surface area (Å²) >= 11 is 9.74. The molecule has 0 radical (unpaired) electrons. The Morgan fingerprint density at radius 2 is 1.15 bits per heavy atom. The van der Waals surface area contributed by atoms with Crippen LogP contribution in [0.25, 0.3) is 0 Å². The predicted octanol–water partition coefficient (Wildman–Crippen LogP) is 6.65. The molecule has 0 aliphatic heterocycles. The lowest BCUT2D eigenvalue weighted by molar-refractivity contribution is 0.425. The quantitative estimate of drug-likeness (QED) is 0.273. The maximum atomic E-state index is 10.9. The first kappa shape index (κ1) is 20.0. The van der Waals surface area contributed by atoms with Crippen LogP contribution in [0.5, 0.6) is 5.75 Å². The monoisotopic (exact) mass is 724 g/mol. The number of phenols is 1. The zero-order valence-electron chi connectivity index (χ0n) is 12.3. The molecule has 5 heteroatoms. The van der Waals surface area contributed by atoms with Crippen LogP contribution in [0.2, 0.25) is 0 Å². The molecule has 0 fully saturated rings. The summed E-state index contributed by atoms with van der Waals surface area (Å²) in [4.78, 5) is 0. The molecular weight excluding hydrogens is 704 g/mol. The zero-order chi connectivity index (χ0) is 15.9. The maximum Gasteiger partial charge on any atom is 0.123 e. The van der Waals surface area contributed by atoms with Gasteiger partial charge in [-0.3, -0.25) is 0 Å². The number of aryl methyl sites for hydroxylation is 1. The summed E-state index contributed by atoms with van der Waals surface area (Å²) in [6, 6.07) is 4.27. The third kappa shape index (κ3) is 4.07. The van der Waals surface area contributed by atoms with E-state index in [0.717, 1.165) is 11.1 Å². The highest BCUT2D eigenvalue weighted by Crippen LogP contribution is 2.47. The normalized spacial score (nSPS) is 13.3. The number of benzene rings is 1. The summed E-state index contributed by atoms with van der Waals surface area (Å²) in [6.07, 6.45) is 0.